The molecule has 0 fully saturated rings. The molecule has 0 unspecified atom stereocenters. The lowest BCUT2D eigenvalue weighted by Crippen LogP contribution is -2.02. The lowest BCUT2D eigenvalue weighted by molar-refractivity contribution is 0.0691. The molecule has 0 atom stereocenters. The number of fused-ring (bicyclic) bond motifs is 1. The number of unbranched alkanes of at least 4 members (excludes halogenated alkanes) is 9. The predicted molar refractivity (Wildman–Crippen MR) is 106 cm³/mol. The second-order valence-corrected chi connectivity index (χ2v) is 6.86. The highest BCUT2D eigenvalue weighted by Crippen LogP contribution is 2.24. The zero-order valence-corrected chi connectivity index (χ0v) is 15.9. The van der Waals surface area contributed by atoms with Crippen molar-refractivity contribution in [2.75, 3.05) is 6.61 Å². The standard InChI is InChI=1S/C22H31NO3/c1-2-3-4-5-6-7-8-9-10-11-17-26-20-14-12-13-18-15-16-19(22(24)25)23-21(18)20/h12-16H,2-11,17H2,1H3,(H,24,25). The summed E-state index contributed by atoms with van der Waals surface area (Å²) in [6, 6.07) is 8.99. The van der Waals surface area contributed by atoms with Gasteiger partial charge in [0.05, 0.1) is 6.61 Å². The highest BCUT2D eigenvalue weighted by atomic mass is 16.5. The van der Waals surface area contributed by atoms with E-state index < -0.39 is 5.97 Å². The fraction of sp³-hybridized carbons (Fsp3) is 0.545. The van der Waals surface area contributed by atoms with Gasteiger partial charge in [0.25, 0.3) is 0 Å². The average Bonchev–Trinajstić information content (AvgIpc) is 2.65. The number of nitrogens with zero attached hydrogens (tertiary/aromatic N) is 1. The quantitative estimate of drug-likeness (QED) is 0.431. The first-order valence-electron chi connectivity index (χ1n) is 9.98. The molecule has 2 rings (SSSR count). The predicted octanol–water partition coefficient (Wildman–Crippen LogP) is 6.23. The average molecular weight is 357 g/mol. The number of benzene rings is 1. The molecule has 0 amide bonds. The molecule has 0 radical (unpaired) electrons. The fourth-order valence-electron chi connectivity index (χ4n) is 3.13. The number of aromatic carboxylic acids is 1. The minimum atomic E-state index is -1.02. The van der Waals surface area contributed by atoms with E-state index in [2.05, 4.69) is 11.9 Å². The molecule has 0 aliphatic rings. The van der Waals surface area contributed by atoms with Crippen molar-refractivity contribution >= 4 is 16.9 Å². The number of carboxylic acids is 1. The Kier molecular flexibility index (Phi) is 8.94. The highest BCUT2D eigenvalue weighted by molar-refractivity contribution is 5.91. The van der Waals surface area contributed by atoms with Crippen LogP contribution in [0, 0.1) is 0 Å². The number of rotatable bonds is 13. The monoisotopic (exact) mass is 357 g/mol. The van der Waals surface area contributed by atoms with Gasteiger partial charge in [-0.15, -0.1) is 0 Å². The Labute approximate surface area is 156 Å². The van der Waals surface area contributed by atoms with Crippen molar-refractivity contribution in [2.24, 2.45) is 0 Å². The Morgan fingerprint density at radius 1 is 0.923 bits per heavy atom. The molecule has 0 saturated carbocycles. The molecule has 1 aromatic carbocycles. The van der Waals surface area contributed by atoms with Crippen LogP contribution in [-0.2, 0) is 0 Å². The number of hydrogen-bond acceptors (Lipinski definition) is 3. The van der Waals surface area contributed by atoms with E-state index in [0.29, 0.717) is 17.9 Å². The molecular formula is C22H31NO3. The van der Waals surface area contributed by atoms with Crippen LogP contribution in [0.5, 0.6) is 5.75 Å². The summed E-state index contributed by atoms with van der Waals surface area (Å²) in [5.74, 6) is -0.349. The van der Waals surface area contributed by atoms with Crippen LogP contribution in [0.1, 0.15) is 81.6 Å². The number of carboxylic acid groups (broad SMARTS) is 1. The summed E-state index contributed by atoms with van der Waals surface area (Å²) in [5, 5.41) is 10.0. The topological polar surface area (TPSA) is 59.4 Å². The maximum Gasteiger partial charge on any atom is 0.354 e. The Morgan fingerprint density at radius 3 is 2.23 bits per heavy atom. The van der Waals surface area contributed by atoms with Gasteiger partial charge in [-0.25, -0.2) is 9.78 Å². The van der Waals surface area contributed by atoms with E-state index in [1.165, 1.54) is 63.9 Å². The molecule has 26 heavy (non-hydrogen) atoms. The second kappa shape index (κ2) is 11.5. The van der Waals surface area contributed by atoms with Crippen molar-refractivity contribution in [3.05, 3.63) is 36.0 Å². The van der Waals surface area contributed by atoms with Crippen LogP contribution < -0.4 is 4.74 Å². The zero-order valence-electron chi connectivity index (χ0n) is 15.9. The van der Waals surface area contributed by atoms with Crippen LogP contribution in [0.3, 0.4) is 0 Å². The van der Waals surface area contributed by atoms with Crippen molar-refractivity contribution in [3.8, 4) is 5.75 Å². The molecule has 4 heteroatoms. The van der Waals surface area contributed by atoms with E-state index in [9.17, 15) is 4.79 Å². The largest absolute Gasteiger partial charge is 0.491 e. The van der Waals surface area contributed by atoms with Gasteiger partial charge in [-0.2, -0.15) is 0 Å². The van der Waals surface area contributed by atoms with Crippen LogP contribution in [-0.4, -0.2) is 22.7 Å². The summed E-state index contributed by atoms with van der Waals surface area (Å²) >= 11 is 0. The number of para-hydroxylation sites is 1. The van der Waals surface area contributed by atoms with Gasteiger partial charge in [0, 0.05) is 5.39 Å². The lowest BCUT2D eigenvalue weighted by Gasteiger charge is -2.09. The third kappa shape index (κ3) is 6.66. The van der Waals surface area contributed by atoms with E-state index in [1.807, 2.05) is 18.2 Å². The maximum absolute atomic E-state index is 11.1. The van der Waals surface area contributed by atoms with Gasteiger partial charge in [0.1, 0.15) is 17.0 Å². The molecular weight excluding hydrogens is 326 g/mol. The van der Waals surface area contributed by atoms with E-state index in [1.54, 1.807) is 6.07 Å². The van der Waals surface area contributed by atoms with Gasteiger partial charge in [-0.3, -0.25) is 0 Å². The van der Waals surface area contributed by atoms with Crippen molar-refractivity contribution < 1.29 is 14.6 Å². The number of pyridine rings is 1. The molecule has 0 aliphatic carbocycles. The molecule has 2 aromatic rings. The maximum atomic E-state index is 11.1. The van der Waals surface area contributed by atoms with Crippen molar-refractivity contribution in [1.82, 2.24) is 4.98 Å². The number of carbonyl (C=O) groups is 1. The van der Waals surface area contributed by atoms with Crippen LogP contribution in [0.2, 0.25) is 0 Å². The van der Waals surface area contributed by atoms with Gasteiger partial charge >= 0.3 is 5.97 Å². The molecule has 1 N–H and O–H groups in total. The van der Waals surface area contributed by atoms with E-state index in [-0.39, 0.29) is 5.69 Å². The number of aromatic nitrogens is 1. The summed E-state index contributed by atoms with van der Waals surface area (Å²) in [5.41, 5.74) is 0.673. The van der Waals surface area contributed by atoms with Crippen molar-refractivity contribution in [3.63, 3.8) is 0 Å². The Bertz CT molecular complexity index is 684. The van der Waals surface area contributed by atoms with E-state index in [0.717, 1.165) is 11.8 Å². The number of ether oxygens (including phenoxy) is 1. The smallest absolute Gasteiger partial charge is 0.354 e. The summed E-state index contributed by atoms with van der Waals surface area (Å²) in [4.78, 5) is 15.3. The third-order valence-corrected chi connectivity index (χ3v) is 4.66. The molecule has 1 heterocycles. The highest BCUT2D eigenvalue weighted by Gasteiger charge is 2.09. The van der Waals surface area contributed by atoms with Crippen LogP contribution in [0.25, 0.3) is 10.9 Å². The van der Waals surface area contributed by atoms with Crippen molar-refractivity contribution in [1.29, 1.82) is 0 Å². The Morgan fingerprint density at radius 2 is 1.58 bits per heavy atom. The summed E-state index contributed by atoms with van der Waals surface area (Å²) in [6.45, 7) is 2.90. The molecule has 0 aliphatic heterocycles. The van der Waals surface area contributed by atoms with Gasteiger partial charge in [0.15, 0.2) is 0 Å². The second-order valence-electron chi connectivity index (χ2n) is 6.86. The van der Waals surface area contributed by atoms with E-state index in [4.69, 9.17) is 9.84 Å². The Balaban J connectivity index is 1.68. The number of hydrogen-bond donors (Lipinski definition) is 1. The van der Waals surface area contributed by atoms with Gasteiger partial charge in [-0.05, 0) is 18.6 Å². The summed E-state index contributed by atoms with van der Waals surface area (Å²) in [7, 11) is 0. The molecule has 0 spiro atoms. The van der Waals surface area contributed by atoms with Gasteiger partial charge < -0.3 is 9.84 Å². The van der Waals surface area contributed by atoms with Gasteiger partial charge in [0.2, 0.25) is 0 Å². The molecule has 1 aromatic heterocycles. The molecule has 0 bridgehead atoms. The first-order valence-corrected chi connectivity index (χ1v) is 9.98. The molecule has 4 nitrogen and oxygen atoms in total. The summed E-state index contributed by atoms with van der Waals surface area (Å²) < 4.78 is 5.87. The first kappa shape index (κ1) is 20.2. The van der Waals surface area contributed by atoms with Crippen LogP contribution in [0.15, 0.2) is 30.3 Å². The van der Waals surface area contributed by atoms with Crippen molar-refractivity contribution in [2.45, 2.75) is 71.1 Å². The lowest BCUT2D eigenvalue weighted by atomic mass is 10.1. The van der Waals surface area contributed by atoms with Crippen LogP contribution in [0.4, 0.5) is 0 Å². The molecule has 0 saturated heterocycles. The van der Waals surface area contributed by atoms with E-state index >= 15 is 0 Å². The van der Waals surface area contributed by atoms with Crippen LogP contribution >= 0.6 is 0 Å². The first-order chi connectivity index (χ1) is 12.7. The van der Waals surface area contributed by atoms with Gasteiger partial charge in [-0.1, -0.05) is 82.9 Å². The fourth-order valence-corrected chi connectivity index (χ4v) is 3.13. The normalized spacial score (nSPS) is 11.0. The third-order valence-electron chi connectivity index (χ3n) is 4.66. The molecule has 142 valence electrons. The minimum absolute atomic E-state index is 0.0486. The summed E-state index contributed by atoms with van der Waals surface area (Å²) in [6.07, 6.45) is 12.9. The zero-order chi connectivity index (χ0) is 18.6. The Hall–Kier alpha value is -2.10. The SMILES string of the molecule is CCCCCCCCCCCCOc1cccc2ccc(C(=O)O)nc12. The minimum Gasteiger partial charge on any atom is -0.491 e.